The van der Waals surface area contributed by atoms with Crippen molar-refractivity contribution in [3.05, 3.63) is 51.3 Å². The summed E-state index contributed by atoms with van der Waals surface area (Å²) in [5, 5.41) is 6.93. The number of halogens is 2. The van der Waals surface area contributed by atoms with Gasteiger partial charge in [-0.3, -0.25) is 4.57 Å². The van der Waals surface area contributed by atoms with E-state index in [4.69, 9.17) is 11.6 Å². The lowest BCUT2D eigenvalue weighted by atomic mass is 10.1. The van der Waals surface area contributed by atoms with Gasteiger partial charge in [0, 0.05) is 11.6 Å². The van der Waals surface area contributed by atoms with Gasteiger partial charge in [0.25, 0.3) is 0 Å². The topological polar surface area (TPSA) is 87.6 Å². The molecule has 2 aromatic heterocycles. The number of imidazole rings is 1. The SMILES string of the molecule is O=c1[nH]c2cnc(NC[C@@H]3CCNC3)nc2n1Cc1cc(F)ccc1Cl. The average Bonchev–Trinajstić information content (AvgIpc) is 3.24. The van der Waals surface area contributed by atoms with Crippen molar-refractivity contribution in [2.45, 2.75) is 13.0 Å². The first kappa shape index (κ1) is 17.0. The summed E-state index contributed by atoms with van der Waals surface area (Å²) in [6.07, 6.45) is 2.69. The van der Waals surface area contributed by atoms with E-state index >= 15 is 0 Å². The zero-order chi connectivity index (χ0) is 18.1. The number of anilines is 1. The molecule has 3 N–H and O–H groups in total. The van der Waals surface area contributed by atoms with Crippen molar-refractivity contribution < 1.29 is 4.39 Å². The first-order chi connectivity index (χ1) is 12.6. The summed E-state index contributed by atoms with van der Waals surface area (Å²) in [5.74, 6) is 0.593. The lowest BCUT2D eigenvalue weighted by Gasteiger charge is -2.10. The first-order valence-electron chi connectivity index (χ1n) is 8.44. The fourth-order valence-corrected chi connectivity index (χ4v) is 3.31. The van der Waals surface area contributed by atoms with Gasteiger partial charge >= 0.3 is 5.69 Å². The summed E-state index contributed by atoms with van der Waals surface area (Å²) >= 11 is 6.13. The van der Waals surface area contributed by atoms with Crippen molar-refractivity contribution >= 4 is 28.7 Å². The number of fused-ring (bicyclic) bond motifs is 1. The summed E-state index contributed by atoms with van der Waals surface area (Å²) in [4.78, 5) is 23.7. The van der Waals surface area contributed by atoms with E-state index in [1.165, 1.54) is 22.8 Å². The summed E-state index contributed by atoms with van der Waals surface area (Å²) in [5.41, 5.74) is 1.15. The zero-order valence-corrected chi connectivity index (χ0v) is 14.7. The minimum Gasteiger partial charge on any atom is -0.354 e. The number of rotatable bonds is 5. The quantitative estimate of drug-likeness (QED) is 0.633. The average molecular weight is 377 g/mol. The Hall–Kier alpha value is -2.45. The molecule has 0 bridgehead atoms. The minimum absolute atomic E-state index is 0.123. The Morgan fingerprint density at radius 1 is 1.42 bits per heavy atom. The van der Waals surface area contributed by atoms with Crippen LogP contribution in [0.1, 0.15) is 12.0 Å². The summed E-state index contributed by atoms with van der Waals surface area (Å²) in [6.45, 7) is 2.89. The third-order valence-electron chi connectivity index (χ3n) is 4.56. The molecule has 1 atom stereocenters. The number of aromatic nitrogens is 4. The van der Waals surface area contributed by atoms with Crippen LogP contribution in [-0.4, -0.2) is 39.2 Å². The molecule has 1 fully saturated rings. The fourth-order valence-electron chi connectivity index (χ4n) is 3.14. The smallest absolute Gasteiger partial charge is 0.328 e. The van der Waals surface area contributed by atoms with E-state index < -0.39 is 5.82 Å². The van der Waals surface area contributed by atoms with Crippen LogP contribution >= 0.6 is 11.6 Å². The molecule has 26 heavy (non-hydrogen) atoms. The maximum absolute atomic E-state index is 13.5. The third kappa shape index (κ3) is 3.42. The highest BCUT2D eigenvalue weighted by molar-refractivity contribution is 6.31. The highest BCUT2D eigenvalue weighted by atomic mass is 35.5. The number of H-pyrrole nitrogens is 1. The van der Waals surface area contributed by atoms with Gasteiger partial charge in [-0.05, 0) is 49.2 Å². The van der Waals surface area contributed by atoms with Crippen LogP contribution in [0.5, 0.6) is 0 Å². The van der Waals surface area contributed by atoms with Crippen molar-refractivity contribution in [3.8, 4) is 0 Å². The van der Waals surface area contributed by atoms with E-state index in [9.17, 15) is 9.18 Å². The maximum Gasteiger partial charge on any atom is 0.328 e. The standard InChI is InChI=1S/C17H18ClFN6O/c18-13-2-1-12(19)5-11(13)9-25-15-14(23-17(25)26)8-22-16(24-15)21-7-10-3-4-20-6-10/h1-2,5,8,10,20H,3-4,6-7,9H2,(H,23,26)(H,21,22,24)/t10-/m1/s1. The Labute approximate surface area is 153 Å². The molecular weight excluding hydrogens is 359 g/mol. The largest absolute Gasteiger partial charge is 0.354 e. The molecule has 0 aliphatic carbocycles. The summed E-state index contributed by atoms with van der Waals surface area (Å²) in [6, 6.07) is 4.08. The highest BCUT2D eigenvalue weighted by Gasteiger charge is 2.16. The van der Waals surface area contributed by atoms with Gasteiger partial charge in [0.2, 0.25) is 5.95 Å². The van der Waals surface area contributed by atoms with E-state index in [1.54, 1.807) is 6.20 Å². The van der Waals surface area contributed by atoms with Crippen LogP contribution in [0.25, 0.3) is 11.2 Å². The second-order valence-corrected chi connectivity index (χ2v) is 6.83. The van der Waals surface area contributed by atoms with Gasteiger partial charge in [-0.1, -0.05) is 11.6 Å². The molecule has 0 saturated carbocycles. The second kappa shape index (κ2) is 7.05. The van der Waals surface area contributed by atoms with Crippen LogP contribution in [0, 0.1) is 11.7 Å². The van der Waals surface area contributed by atoms with Crippen LogP contribution < -0.4 is 16.3 Å². The number of nitrogens with one attached hydrogen (secondary N) is 3. The number of benzene rings is 1. The number of hydrogen-bond donors (Lipinski definition) is 3. The predicted molar refractivity (Wildman–Crippen MR) is 98.1 cm³/mol. The maximum atomic E-state index is 13.5. The van der Waals surface area contributed by atoms with Crippen LogP contribution in [0.2, 0.25) is 5.02 Å². The monoisotopic (exact) mass is 376 g/mol. The van der Waals surface area contributed by atoms with Crippen LogP contribution in [0.15, 0.2) is 29.2 Å². The molecule has 136 valence electrons. The Kier molecular flexibility index (Phi) is 4.60. The molecular formula is C17H18ClFN6O. The summed E-state index contributed by atoms with van der Waals surface area (Å²) in [7, 11) is 0. The molecule has 3 aromatic rings. The van der Waals surface area contributed by atoms with Crippen LogP contribution in [-0.2, 0) is 6.54 Å². The molecule has 0 radical (unpaired) electrons. The molecule has 0 amide bonds. The Morgan fingerprint density at radius 3 is 3.12 bits per heavy atom. The van der Waals surface area contributed by atoms with Crippen molar-refractivity contribution in [3.63, 3.8) is 0 Å². The minimum atomic E-state index is -0.403. The van der Waals surface area contributed by atoms with Gasteiger partial charge in [-0.25, -0.2) is 14.2 Å². The second-order valence-electron chi connectivity index (χ2n) is 6.42. The lowest BCUT2D eigenvalue weighted by molar-refractivity contribution is 0.613. The van der Waals surface area contributed by atoms with Crippen molar-refractivity contribution in [2.24, 2.45) is 5.92 Å². The van der Waals surface area contributed by atoms with Gasteiger partial charge in [-0.2, -0.15) is 4.98 Å². The first-order valence-corrected chi connectivity index (χ1v) is 8.82. The Bertz CT molecular complexity index is 995. The van der Waals surface area contributed by atoms with Crippen molar-refractivity contribution in [2.75, 3.05) is 25.0 Å². The van der Waals surface area contributed by atoms with Gasteiger partial charge in [-0.15, -0.1) is 0 Å². The van der Waals surface area contributed by atoms with Crippen LogP contribution in [0.4, 0.5) is 10.3 Å². The molecule has 1 aliphatic heterocycles. The van der Waals surface area contributed by atoms with Crippen molar-refractivity contribution in [1.82, 2.24) is 24.8 Å². The van der Waals surface area contributed by atoms with E-state index in [0.717, 1.165) is 26.1 Å². The Balaban J connectivity index is 1.63. The van der Waals surface area contributed by atoms with Crippen molar-refractivity contribution in [1.29, 1.82) is 0 Å². The van der Waals surface area contributed by atoms with E-state index in [2.05, 4.69) is 25.6 Å². The molecule has 4 rings (SSSR count). The molecule has 0 spiro atoms. The highest BCUT2D eigenvalue weighted by Crippen LogP contribution is 2.19. The predicted octanol–water partition coefficient (Wildman–Crippen LogP) is 1.98. The normalized spacial score (nSPS) is 17.1. The molecule has 1 saturated heterocycles. The molecule has 7 nitrogen and oxygen atoms in total. The number of aromatic amines is 1. The van der Waals surface area contributed by atoms with E-state index in [-0.39, 0.29) is 12.2 Å². The van der Waals surface area contributed by atoms with E-state index in [0.29, 0.717) is 33.6 Å². The number of hydrogen-bond acceptors (Lipinski definition) is 5. The van der Waals surface area contributed by atoms with Gasteiger partial charge in [0.05, 0.1) is 12.7 Å². The molecule has 3 heterocycles. The molecule has 1 aromatic carbocycles. The number of nitrogens with zero attached hydrogens (tertiary/aromatic N) is 3. The Morgan fingerprint density at radius 2 is 2.31 bits per heavy atom. The zero-order valence-electron chi connectivity index (χ0n) is 13.9. The molecule has 9 heteroatoms. The summed E-state index contributed by atoms with van der Waals surface area (Å²) < 4.78 is 14.9. The van der Waals surface area contributed by atoms with Gasteiger partial charge in [0.15, 0.2) is 5.65 Å². The third-order valence-corrected chi connectivity index (χ3v) is 4.93. The fraction of sp³-hybridized carbons (Fsp3) is 0.353. The van der Waals surface area contributed by atoms with Crippen LogP contribution in [0.3, 0.4) is 0 Å². The lowest BCUT2D eigenvalue weighted by Crippen LogP contribution is -2.19. The molecule has 0 unspecified atom stereocenters. The van der Waals surface area contributed by atoms with Gasteiger partial charge in [0.1, 0.15) is 11.3 Å². The van der Waals surface area contributed by atoms with Gasteiger partial charge < -0.3 is 15.6 Å². The molecule has 1 aliphatic rings. The van der Waals surface area contributed by atoms with E-state index in [1.807, 2.05) is 0 Å².